The summed E-state index contributed by atoms with van der Waals surface area (Å²) in [6.45, 7) is 10.5. The zero-order valence-electron chi connectivity index (χ0n) is 12.1. The van der Waals surface area contributed by atoms with E-state index in [1.807, 2.05) is 7.05 Å². The van der Waals surface area contributed by atoms with Crippen molar-refractivity contribution < 1.29 is 0 Å². The second-order valence-corrected chi connectivity index (χ2v) is 6.36. The summed E-state index contributed by atoms with van der Waals surface area (Å²) < 4.78 is 0.841. The van der Waals surface area contributed by atoms with Gasteiger partial charge in [0, 0.05) is 13.0 Å². The molecule has 0 N–H and O–H groups in total. The third kappa shape index (κ3) is 4.28. The van der Waals surface area contributed by atoms with Crippen molar-refractivity contribution in [1.29, 1.82) is 0 Å². The number of hydrogen-bond donors (Lipinski definition) is 0. The quantitative estimate of drug-likeness (QED) is 0.390. The van der Waals surface area contributed by atoms with Gasteiger partial charge in [0.15, 0.2) is 0 Å². The van der Waals surface area contributed by atoms with E-state index >= 15 is 0 Å². The maximum atomic E-state index is 6.54. The highest BCUT2D eigenvalue weighted by molar-refractivity contribution is 9.11. The molecule has 0 fully saturated rings. The predicted octanol–water partition coefficient (Wildman–Crippen LogP) is 4.98. The molecule has 0 saturated heterocycles. The molecular weight excluding hydrogens is 324 g/mol. The van der Waals surface area contributed by atoms with Crippen molar-refractivity contribution in [3.05, 3.63) is 22.8 Å². The Morgan fingerprint density at radius 1 is 1.58 bits per heavy atom. The molecule has 0 aliphatic carbocycles. The monoisotopic (exact) mass is 344 g/mol. The molecule has 1 heterocycles. The van der Waals surface area contributed by atoms with E-state index in [0.29, 0.717) is 11.8 Å². The zero-order chi connectivity index (χ0) is 14.6. The Morgan fingerprint density at radius 3 is 2.74 bits per heavy atom. The highest BCUT2D eigenvalue weighted by Crippen LogP contribution is 2.27. The van der Waals surface area contributed by atoms with Crippen LogP contribution in [0.3, 0.4) is 0 Å². The number of nitrogens with zero attached hydrogens (tertiary/aromatic N) is 2. The van der Waals surface area contributed by atoms with Crippen LogP contribution in [0.25, 0.3) is 0 Å². The molecule has 19 heavy (non-hydrogen) atoms. The van der Waals surface area contributed by atoms with E-state index in [4.69, 9.17) is 11.6 Å². The van der Waals surface area contributed by atoms with Crippen molar-refractivity contribution in [3.8, 4) is 0 Å². The lowest BCUT2D eigenvalue weighted by atomic mass is 9.88. The molecule has 4 heteroatoms. The average Bonchev–Trinajstić information content (AvgIpc) is 2.47. The van der Waals surface area contributed by atoms with Crippen LogP contribution < -0.4 is 0 Å². The number of hydrogen-bond acceptors (Lipinski definition) is 2. The van der Waals surface area contributed by atoms with Gasteiger partial charge in [-0.1, -0.05) is 32.9 Å². The lowest BCUT2D eigenvalue weighted by Crippen LogP contribution is -2.31. The molecule has 106 valence electrons. The van der Waals surface area contributed by atoms with E-state index in [-0.39, 0.29) is 5.38 Å². The standard InChI is InChI=1S/C15H22BrClN2/c1-6-9(2)7-12(17)15-14(18-5)11(4)10(3)8-13(16)19-15/h8,10-12H,2,6-7H2,1,3-5H3. The molecule has 1 rings (SSSR count). The first-order chi connectivity index (χ1) is 8.90. The van der Waals surface area contributed by atoms with Crippen LogP contribution in [0.15, 0.2) is 32.8 Å². The van der Waals surface area contributed by atoms with Crippen LogP contribution in [-0.2, 0) is 0 Å². The van der Waals surface area contributed by atoms with Crippen LogP contribution in [0, 0.1) is 11.8 Å². The van der Waals surface area contributed by atoms with Crippen LogP contribution in [0.5, 0.6) is 0 Å². The van der Waals surface area contributed by atoms with Gasteiger partial charge in [-0.25, -0.2) is 4.99 Å². The zero-order valence-corrected chi connectivity index (χ0v) is 14.4. The number of rotatable bonds is 4. The Labute approximate surface area is 129 Å². The minimum absolute atomic E-state index is 0.167. The third-order valence-corrected chi connectivity index (χ3v) is 4.42. The van der Waals surface area contributed by atoms with Crippen LogP contribution in [0.4, 0.5) is 0 Å². The van der Waals surface area contributed by atoms with Crippen molar-refractivity contribution in [1.82, 2.24) is 0 Å². The van der Waals surface area contributed by atoms with E-state index in [9.17, 15) is 0 Å². The van der Waals surface area contributed by atoms with Gasteiger partial charge in [0.25, 0.3) is 0 Å². The Balaban J connectivity index is 3.08. The molecular formula is C15H22BrClN2. The minimum Gasteiger partial charge on any atom is -0.291 e. The van der Waals surface area contributed by atoms with Gasteiger partial charge in [-0.3, -0.25) is 4.99 Å². The summed E-state index contributed by atoms with van der Waals surface area (Å²) in [5, 5.41) is -0.167. The molecule has 1 aliphatic heterocycles. The van der Waals surface area contributed by atoms with Gasteiger partial charge in [0.1, 0.15) is 4.61 Å². The normalized spacial score (nSPS) is 27.6. The molecule has 0 radical (unpaired) electrons. The smallest absolute Gasteiger partial charge is 0.102 e. The third-order valence-electron chi connectivity index (χ3n) is 3.62. The van der Waals surface area contributed by atoms with E-state index in [2.05, 4.69) is 59.3 Å². The van der Waals surface area contributed by atoms with E-state index in [0.717, 1.165) is 34.4 Å². The average molecular weight is 346 g/mol. The highest BCUT2D eigenvalue weighted by atomic mass is 79.9. The topological polar surface area (TPSA) is 24.7 Å². The van der Waals surface area contributed by atoms with Gasteiger partial charge in [0.05, 0.1) is 16.8 Å². The summed E-state index contributed by atoms with van der Waals surface area (Å²) in [5.41, 5.74) is 3.02. The van der Waals surface area contributed by atoms with Crippen LogP contribution in [0.1, 0.15) is 33.6 Å². The molecule has 0 saturated carbocycles. The molecule has 0 spiro atoms. The summed E-state index contributed by atoms with van der Waals surface area (Å²) in [5.74, 6) is 0.697. The predicted molar refractivity (Wildman–Crippen MR) is 89.8 cm³/mol. The largest absolute Gasteiger partial charge is 0.291 e. The highest BCUT2D eigenvalue weighted by Gasteiger charge is 2.28. The Kier molecular flexibility index (Phi) is 6.48. The first kappa shape index (κ1) is 16.6. The van der Waals surface area contributed by atoms with E-state index < -0.39 is 0 Å². The molecule has 3 unspecified atom stereocenters. The van der Waals surface area contributed by atoms with Crippen molar-refractivity contribution in [3.63, 3.8) is 0 Å². The SMILES string of the molecule is C=C(CC)CC(Cl)C1=NC(Br)=CC(C)C(C)C1=NC. The van der Waals surface area contributed by atoms with Crippen LogP contribution >= 0.6 is 27.5 Å². The molecule has 0 aromatic carbocycles. The Bertz CT molecular complexity index is 437. The fourth-order valence-corrected chi connectivity index (χ4v) is 3.08. The molecule has 0 aromatic heterocycles. The lowest BCUT2D eigenvalue weighted by molar-refractivity contribution is 0.594. The number of aliphatic imine (C=N–C) groups is 2. The fourth-order valence-electron chi connectivity index (χ4n) is 2.10. The number of alkyl halides is 1. The summed E-state index contributed by atoms with van der Waals surface area (Å²) in [6.07, 6.45) is 3.80. The molecule has 0 amide bonds. The number of allylic oxidation sites excluding steroid dienone is 2. The van der Waals surface area contributed by atoms with Gasteiger partial charge in [-0.15, -0.1) is 11.6 Å². The molecule has 1 aliphatic rings. The van der Waals surface area contributed by atoms with Gasteiger partial charge in [-0.05, 0) is 40.8 Å². The second-order valence-electron chi connectivity index (χ2n) is 5.02. The second kappa shape index (κ2) is 7.39. The number of halogens is 2. The van der Waals surface area contributed by atoms with Crippen molar-refractivity contribution in [2.24, 2.45) is 21.8 Å². The Morgan fingerprint density at radius 2 is 2.21 bits per heavy atom. The summed E-state index contributed by atoms with van der Waals surface area (Å²) in [7, 11) is 1.81. The van der Waals surface area contributed by atoms with Crippen molar-refractivity contribution >= 4 is 39.0 Å². The Hall–Kier alpha value is -0.410. The lowest BCUT2D eigenvalue weighted by Gasteiger charge is -2.21. The van der Waals surface area contributed by atoms with E-state index in [1.165, 1.54) is 0 Å². The van der Waals surface area contributed by atoms with E-state index in [1.54, 1.807) is 0 Å². The first-order valence-electron chi connectivity index (χ1n) is 6.64. The van der Waals surface area contributed by atoms with Gasteiger partial charge >= 0.3 is 0 Å². The maximum Gasteiger partial charge on any atom is 0.102 e. The summed E-state index contributed by atoms with van der Waals surface area (Å²) in [4.78, 5) is 9.03. The summed E-state index contributed by atoms with van der Waals surface area (Å²) in [6, 6.07) is 0. The fraction of sp³-hybridized carbons (Fsp3) is 0.600. The van der Waals surface area contributed by atoms with Crippen molar-refractivity contribution in [2.45, 2.75) is 39.0 Å². The van der Waals surface area contributed by atoms with Crippen molar-refractivity contribution in [2.75, 3.05) is 7.05 Å². The van der Waals surface area contributed by atoms with Gasteiger partial charge < -0.3 is 0 Å². The minimum atomic E-state index is -0.167. The van der Waals surface area contributed by atoms with Crippen LogP contribution in [0.2, 0.25) is 0 Å². The maximum absolute atomic E-state index is 6.54. The van der Waals surface area contributed by atoms with Gasteiger partial charge in [-0.2, -0.15) is 0 Å². The molecule has 0 bridgehead atoms. The molecule has 0 aromatic rings. The summed E-state index contributed by atoms with van der Waals surface area (Å²) >= 11 is 10.0. The van der Waals surface area contributed by atoms with Crippen LogP contribution in [-0.4, -0.2) is 23.8 Å². The van der Waals surface area contributed by atoms with Gasteiger partial charge in [0.2, 0.25) is 0 Å². The first-order valence-corrected chi connectivity index (χ1v) is 7.87. The molecule has 2 nitrogen and oxygen atoms in total. The molecule has 3 atom stereocenters.